The summed E-state index contributed by atoms with van der Waals surface area (Å²) in [7, 11) is 1.70. The van der Waals surface area contributed by atoms with Crippen LogP contribution in [0, 0.1) is 0 Å². The predicted molar refractivity (Wildman–Crippen MR) is 79.5 cm³/mol. The summed E-state index contributed by atoms with van der Waals surface area (Å²) in [5.74, 6) is 1.45. The van der Waals surface area contributed by atoms with Crippen molar-refractivity contribution in [2.75, 3.05) is 13.0 Å². The molecule has 0 heterocycles. The highest BCUT2D eigenvalue weighted by Gasteiger charge is 2.06. The van der Waals surface area contributed by atoms with Gasteiger partial charge < -0.3 is 4.74 Å². The molecule has 0 aliphatic rings. The molecular formula is C16H17ClO. The Bertz CT molecular complexity index is 566. The number of methoxy groups -OCH3 is 1. The quantitative estimate of drug-likeness (QED) is 0.712. The number of benzene rings is 2. The van der Waals surface area contributed by atoms with Crippen molar-refractivity contribution in [1.82, 2.24) is 0 Å². The molecule has 0 radical (unpaired) electrons. The van der Waals surface area contributed by atoms with E-state index in [1.165, 1.54) is 16.3 Å². The summed E-state index contributed by atoms with van der Waals surface area (Å²) in [5, 5.41) is 2.42. The molecule has 2 aromatic carbocycles. The van der Waals surface area contributed by atoms with Gasteiger partial charge in [-0.25, -0.2) is 0 Å². The van der Waals surface area contributed by atoms with E-state index in [1.54, 1.807) is 7.11 Å². The third kappa shape index (κ3) is 2.51. The van der Waals surface area contributed by atoms with Crippen LogP contribution < -0.4 is 4.74 Å². The first-order valence-electron chi connectivity index (χ1n) is 6.11. The van der Waals surface area contributed by atoms with Crippen LogP contribution in [0.2, 0.25) is 0 Å². The van der Waals surface area contributed by atoms with E-state index in [0.717, 1.165) is 17.7 Å². The molecule has 0 atom stereocenters. The lowest BCUT2D eigenvalue weighted by Gasteiger charge is -2.10. The second-order valence-corrected chi connectivity index (χ2v) is 4.46. The molecule has 0 spiro atoms. The summed E-state index contributed by atoms with van der Waals surface area (Å²) in [4.78, 5) is 0. The molecule has 2 heteroatoms. The molecule has 0 unspecified atom stereocenters. The molecular weight excluding hydrogens is 244 g/mol. The number of rotatable bonds is 4. The van der Waals surface area contributed by atoms with Crippen LogP contribution in [0.25, 0.3) is 16.8 Å². The highest BCUT2D eigenvalue weighted by atomic mass is 35.5. The number of hydrogen-bond donors (Lipinski definition) is 0. The van der Waals surface area contributed by atoms with E-state index in [1.807, 2.05) is 18.2 Å². The summed E-state index contributed by atoms with van der Waals surface area (Å²) in [6.07, 6.45) is 3.10. The van der Waals surface area contributed by atoms with Gasteiger partial charge in [0.05, 0.1) is 7.11 Å². The molecule has 2 aromatic rings. The summed E-state index contributed by atoms with van der Waals surface area (Å²) in [5.41, 5.74) is 2.33. The van der Waals surface area contributed by atoms with Gasteiger partial charge in [-0.05, 0) is 23.3 Å². The van der Waals surface area contributed by atoms with Crippen LogP contribution in [0.1, 0.15) is 18.9 Å². The fraction of sp³-hybridized carbons (Fsp3) is 0.250. The molecule has 2 rings (SSSR count). The van der Waals surface area contributed by atoms with Crippen LogP contribution in [0.4, 0.5) is 0 Å². The molecule has 1 nitrogen and oxygen atoms in total. The molecule has 0 aliphatic heterocycles. The Balaban J connectivity index is 2.68. The standard InChI is InChI=1S/C16H17ClO/c1-3-12(11-17)10-15-14-7-5-4-6-13(14)8-9-16(15)18-2/h4-10H,3,11H2,1-2H3. The molecule has 18 heavy (non-hydrogen) atoms. The van der Waals surface area contributed by atoms with Crippen LogP contribution in [-0.2, 0) is 0 Å². The lowest BCUT2D eigenvalue weighted by atomic mass is 10.0. The Kier molecular flexibility index (Phi) is 4.27. The summed E-state index contributed by atoms with van der Waals surface area (Å²) in [6, 6.07) is 12.4. The van der Waals surface area contributed by atoms with Crippen LogP contribution >= 0.6 is 11.6 Å². The Morgan fingerprint density at radius 1 is 1.22 bits per heavy atom. The van der Waals surface area contributed by atoms with Crippen molar-refractivity contribution in [3.8, 4) is 5.75 Å². The van der Waals surface area contributed by atoms with E-state index in [-0.39, 0.29) is 0 Å². The Morgan fingerprint density at radius 3 is 2.67 bits per heavy atom. The van der Waals surface area contributed by atoms with E-state index in [0.29, 0.717) is 5.88 Å². The first-order chi connectivity index (χ1) is 8.80. The topological polar surface area (TPSA) is 9.23 Å². The molecule has 0 aliphatic carbocycles. The molecule has 0 bridgehead atoms. The lowest BCUT2D eigenvalue weighted by Crippen LogP contribution is -1.91. The Hall–Kier alpha value is -1.47. The van der Waals surface area contributed by atoms with Gasteiger partial charge in [-0.3, -0.25) is 0 Å². The van der Waals surface area contributed by atoms with Crippen molar-refractivity contribution < 1.29 is 4.74 Å². The maximum atomic E-state index is 5.96. The maximum absolute atomic E-state index is 5.96. The smallest absolute Gasteiger partial charge is 0.126 e. The summed E-state index contributed by atoms with van der Waals surface area (Å²) < 4.78 is 5.46. The number of allylic oxidation sites excluding steroid dienone is 1. The molecule has 94 valence electrons. The number of ether oxygens (including phenoxy) is 1. The Labute approximate surface area is 113 Å². The number of alkyl halides is 1. The summed E-state index contributed by atoms with van der Waals surface area (Å²) >= 11 is 5.96. The minimum absolute atomic E-state index is 0.558. The Morgan fingerprint density at radius 2 is 2.00 bits per heavy atom. The van der Waals surface area contributed by atoms with Gasteiger partial charge in [-0.1, -0.05) is 48.9 Å². The third-order valence-corrected chi connectivity index (χ3v) is 3.47. The van der Waals surface area contributed by atoms with E-state index in [4.69, 9.17) is 16.3 Å². The van der Waals surface area contributed by atoms with E-state index < -0.39 is 0 Å². The van der Waals surface area contributed by atoms with Crippen molar-refractivity contribution in [1.29, 1.82) is 0 Å². The lowest BCUT2D eigenvalue weighted by molar-refractivity contribution is 0.414. The van der Waals surface area contributed by atoms with Gasteiger partial charge >= 0.3 is 0 Å². The van der Waals surface area contributed by atoms with E-state index in [9.17, 15) is 0 Å². The molecule has 0 saturated carbocycles. The SMILES string of the molecule is CCC(=Cc1c(OC)ccc2ccccc12)CCl. The minimum Gasteiger partial charge on any atom is -0.496 e. The average molecular weight is 261 g/mol. The zero-order valence-corrected chi connectivity index (χ0v) is 11.5. The van der Waals surface area contributed by atoms with Gasteiger partial charge in [0.1, 0.15) is 5.75 Å². The molecule has 0 fully saturated rings. The number of halogens is 1. The van der Waals surface area contributed by atoms with Gasteiger partial charge in [-0.15, -0.1) is 11.6 Å². The largest absolute Gasteiger partial charge is 0.496 e. The molecule has 0 N–H and O–H groups in total. The van der Waals surface area contributed by atoms with Gasteiger partial charge in [0.15, 0.2) is 0 Å². The van der Waals surface area contributed by atoms with Gasteiger partial charge in [-0.2, -0.15) is 0 Å². The van der Waals surface area contributed by atoms with E-state index in [2.05, 4.69) is 31.2 Å². The second kappa shape index (κ2) is 5.92. The normalized spacial score (nSPS) is 11.8. The second-order valence-electron chi connectivity index (χ2n) is 4.19. The predicted octanol–water partition coefficient (Wildman–Crippen LogP) is 4.88. The fourth-order valence-corrected chi connectivity index (χ4v) is 2.31. The van der Waals surface area contributed by atoms with Crippen molar-refractivity contribution in [2.45, 2.75) is 13.3 Å². The zero-order valence-electron chi connectivity index (χ0n) is 10.7. The fourth-order valence-electron chi connectivity index (χ4n) is 2.04. The first-order valence-corrected chi connectivity index (χ1v) is 6.64. The number of hydrogen-bond acceptors (Lipinski definition) is 1. The van der Waals surface area contributed by atoms with Crippen LogP contribution in [-0.4, -0.2) is 13.0 Å². The van der Waals surface area contributed by atoms with Crippen molar-refractivity contribution >= 4 is 28.4 Å². The number of fused-ring (bicyclic) bond motifs is 1. The molecule has 0 amide bonds. The van der Waals surface area contributed by atoms with E-state index >= 15 is 0 Å². The summed E-state index contributed by atoms with van der Waals surface area (Å²) in [6.45, 7) is 2.12. The van der Waals surface area contributed by atoms with Gasteiger partial charge in [0.2, 0.25) is 0 Å². The van der Waals surface area contributed by atoms with Gasteiger partial charge in [0.25, 0.3) is 0 Å². The maximum Gasteiger partial charge on any atom is 0.126 e. The van der Waals surface area contributed by atoms with Crippen LogP contribution in [0.3, 0.4) is 0 Å². The minimum atomic E-state index is 0.558. The molecule has 0 saturated heterocycles. The van der Waals surface area contributed by atoms with Crippen molar-refractivity contribution in [2.24, 2.45) is 0 Å². The highest BCUT2D eigenvalue weighted by molar-refractivity contribution is 6.19. The first kappa shape index (κ1) is 13.0. The average Bonchev–Trinajstić information content (AvgIpc) is 2.44. The highest BCUT2D eigenvalue weighted by Crippen LogP contribution is 2.30. The van der Waals surface area contributed by atoms with Crippen molar-refractivity contribution in [3.63, 3.8) is 0 Å². The van der Waals surface area contributed by atoms with Crippen molar-refractivity contribution in [3.05, 3.63) is 47.5 Å². The monoisotopic (exact) mass is 260 g/mol. The third-order valence-electron chi connectivity index (χ3n) is 3.12. The zero-order chi connectivity index (χ0) is 13.0. The van der Waals surface area contributed by atoms with Crippen LogP contribution in [0.15, 0.2) is 42.0 Å². The van der Waals surface area contributed by atoms with Gasteiger partial charge in [0, 0.05) is 11.4 Å². The van der Waals surface area contributed by atoms with Crippen LogP contribution in [0.5, 0.6) is 5.75 Å². The molecule has 0 aromatic heterocycles.